The molecule has 0 saturated carbocycles. The van der Waals surface area contributed by atoms with Crippen LogP contribution in [-0.4, -0.2) is 0 Å². The molecule has 5 aromatic rings. The first-order valence-electron chi connectivity index (χ1n) is 8.89. The van der Waals surface area contributed by atoms with Crippen molar-refractivity contribution in [3.8, 4) is 22.3 Å². The Morgan fingerprint density at radius 1 is 0.500 bits per heavy atom. The second-order valence-corrected chi connectivity index (χ2v) is 6.54. The van der Waals surface area contributed by atoms with E-state index < -0.39 is 0 Å². The molecule has 0 heteroatoms. The number of hydrogen-bond acceptors (Lipinski definition) is 0. The largest absolute Gasteiger partial charge is 0.0622 e. The van der Waals surface area contributed by atoms with Gasteiger partial charge in [-0.2, -0.15) is 0 Å². The van der Waals surface area contributed by atoms with Gasteiger partial charge in [-0.05, 0) is 55.9 Å². The molecule has 0 aliphatic carbocycles. The fraction of sp³-hybridized carbons (Fsp3) is 0. The lowest BCUT2D eigenvalue weighted by Crippen LogP contribution is -1.88. The van der Waals surface area contributed by atoms with Gasteiger partial charge in [0.25, 0.3) is 0 Å². The van der Waals surface area contributed by atoms with Gasteiger partial charge < -0.3 is 0 Å². The lowest BCUT2D eigenvalue weighted by Gasteiger charge is -2.14. The zero-order valence-electron chi connectivity index (χ0n) is 14.3. The summed E-state index contributed by atoms with van der Waals surface area (Å²) in [7, 11) is 0. The van der Waals surface area contributed by atoms with Gasteiger partial charge in [-0.1, -0.05) is 97.1 Å². The van der Waals surface area contributed by atoms with E-state index in [9.17, 15) is 0 Å². The third-order valence-corrected chi connectivity index (χ3v) is 4.93. The quantitative estimate of drug-likeness (QED) is 0.323. The van der Waals surface area contributed by atoms with Crippen molar-refractivity contribution in [2.75, 3.05) is 0 Å². The Balaban J connectivity index is 1.89. The lowest BCUT2D eigenvalue weighted by molar-refractivity contribution is 1.62. The Bertz CT molecular complexity index is 1210. The summed E-state index contributed by atoms with van der Waals surface area (Å²) in [4.78, 5) is 0. The fourth-order valence-electron chi connectivity index (χ4n) is 3.67. The van der Waals surface area contributed by atoms with E-state index in [0.717, 1.165) is 10.9 Å². The van der Waals surface area contributed by atoms with Gasteiger partial charge in [0, 0.05) is 0 Å². The summed E-state index contributed by atoms with van der Waals surface area (Å²) in [6.07, 6.45) is 0. The van der Waals surface area contributed by atoms with E-state index in [1.54, 1.807) is 0 Å². The predicted molar refractivity (Wildman–Crippen MR) is 111 cm³/mol. The summed E-state index contributed by atoms with van der Waals surface area (Å²) in [6.45, 7) is 0. The van der Waals surface area contributed by atoms with Crippen LogP contribution < -0.4 is 0 Å². The van der Waals surface area contributed by atoms with Crippen molar-refractivity contribution in [3.63, 3.8) is 0 Å². The van der Waals surface area contributed by atoms with Crippen LogP contribution in [0, 0.1) is 6.07 Å². The van der Waals surface area contributed by atoms with E-state index in [0.29, 0.717) is 0 Å². The summed E-state index contributed by atoms with van der Waals surface area (Å²) < 4.78 is 0. The standard InChI is InChI=1S/C26H17/c1-2-9-20(10-3-1)25-17-21-12-4-5-13-22(21)18-26(25)24-16-8-14-19-11-6-7-15-23(19)24/h1-17H. The van der Waals surface area contributed by atoms with E-state index in [4.69, 9.17) is 0 Å². The first-order chi connectivity index (χ1) is 12.9. The first-order valence-corrected chi connectivity index (χ1v) is 8.89. The van der Waals surface area contributed by atoms with Gasteiger partial charge in [-0.3, -0.25) is 0 Å². The Kier molecular flexibility index (Phi) is 3.54. The highest BCUT2D eigenvalue weighted by molar-refractivity contribution is 6.03. The topological polar surface area (TPSA) is 0 Å². The smallest absolute Gasteiger partial charge is 0.000763 e. The minimum absolute atomic E-state index is 1.15. The van der Waals surface area contributed by atoms with Crippen LogP contribution in [0.15, 0.2) is 103 Å². The average Bonchev–Trinajstić information content (AvgIpc) is 2.73. The van der Waals surface area contributed by atoms with Crippen molar-refractivity contribution in [2.24, 2.45) is 0 Å². The van der Waals surface area contributed by atoms with Gasteiger partial charge in [0.15, 0.2) is 0 Å². The van der Waals surface area contributed by atoms with Crippen molar-refractivity contribution >= 4 is 21.5 Å². The summed E-state index contributed by atoms with van der Waals surface area (Å²) in [5.74, 6) is 0. The van der Waals surface area contributed by atoms with Crippen LogP contribution in [-0.2, 0) is 0 Å². The molecule has 0 aliphatic rings. The zero-order chi connectivity index (χ0) is 17.3. The van der Waals surface area contributed by atoms with Crippen LogP contribution in [0.3, 0.4) is 0 Å². The van der Waals surface area contributed by atoms with Crippen molar-refractivity contribution in [1.29, 1.82) is 0 Å². The molecule has 0 aromatic heterocycles. The second-order valence-electron chi connectivity index (χ2n) is 6.54. The molecular weight excluding hydrogens is 312 g/mol. The van der Waals surface area contributed by atoms with Crippen molar-refractivity contribution in [1.82, 2.24) is 0 Å². The van der Waals surface area contributed by atoms with Gasteiger partial charge in [-0.15, -0.1) is 0 Å². The van der Waals surface area contributed by atoms with Gasteiger partial charge in [0.05, 0.1) is 0 Å². The molecule has 121 valence electrons. The molecule has 0 unspecified atom stereocenters. The average molecular weight is 329 g/mol. The van der Waals surface area contributed by atoms with Crippen LogP contribution in [0.25, 0.3) is 43.8 Å². The third-order valence-electron chi connectivity index (χ3n) is 4.93. The number of benzene rings is 5. The molecule has 1 radical (unpaired) electrons. The zero-order valence-corrected chi connectivity index (χ0v) is 14.3. The van der Waals surface area contributed by atoms with Crippen molar-refractivity contribution < 1.29 is 0 Å². The summed E-state index contributed by atoms with van der Waals surface area (Å²) in [5.41, 5.74) is 4.83. The van der Waals surface area contributed by atoms with E-state index >= 15 is 0 Å². The maximum absolute atomic E-state index is 3.70. The van der Waals surface area contributed by atoms with Crippen molar-refractivity contribution in [2.45, 2.75) is 0 Å². The van der Waals surface area contributed by atoms with E-state index in [2.05, 4.69) is 109 Å². The SMILES string of the molecule is [c]1c(-c2cccc3ccccc23)c(-c2ccccc2)cc2ccccc12. The van der Waals surface area contributed by atoms with Gasteiger partial charge in [0.2, 0.25) is 0 Å². The molecule has 0 heterocycles. The first kappa shape index (κ1) is 14.9. The fourth-order valence-corrected chi connectivity index (χ4v) is 3.67. The monoisotopic (exact) mass is 329 g/mol. The van der Waals surface area contributed by atoms with Crippen LogP contribution >= 0.6 is 0 Å². The predicted octanol–water partition coefficient (Wildman–Crippen LogP) is 7.13. The molecule has 0 N–H and O–H groups in total. The molecule has 26 heavy (non-hydrogen) atoms. The van der Waals surface area contributed by atoms with Gasteiger partial charge in [0.1, 0.15) is 0 Å². The molecule has 0 bridgehead atoms. The Labute approximate surface area is 153 Å². The van der Waals surface area contributed by atoms with Crippen LogP contribution in [0.5, 0.6) is 0 Å². The highest BCUT2D eigenvalue weighted by Gasteiger charge is 2.12. The normalized spacial score (nSPS) is 11.1. The minimum atomic E-state index is 1.15. The molecule has 5 rings (SSSR count). The number of hydrogen-bond donors (Lipinski definition) is 0. The van der Waals surface area contributed by atoms with Gasteiger partial charge >= 0.3 is 0 Å². The van der Waals surface area contributed by atoms with E-state index in [1.165, 1.54) is 32.8 Å². The molecule has 0 spiro atoms. The Morgan fingerprint density at radius 2 is 1.19 bits per heavy atom. The Hall–Kier alpha value is -3.38. The molecule has 0 amide bonds. The second kappa shape index (κ2) is 6.16. The maximum atomic E-state index is 3.70. The summed E-state index contributed by atoms with van der Waals surface area (Å²) in [5, 5.41) is 4.88. The molecule has 0 nitrogen and oxygen atoms in total. The van der Waals surface area contributed by atoms with Gasteiger partial charge in [-0.25, -0.2) is 0 Å². The maximum Gasteiger partial charge on any atom is -0.000763 e. The van der Waals surface area contributed by atoms with Crippen LogP contribution in [0.1, 0.15) is 0 Å². The molecular formula is C26H17. The highest BCUT2D eigenvalue weighted by atomic mass is 14.1. The minimum Gasteiger partial charge on any atom is -0.0622 e. The van der Waals surface area contributed by atoms with Crippen LogP contribution in [0.2, 0.25) is 0 Å². The summed E-state index contributed by atoms with van der Waals surface area (Å²) >= 11 is 0. The molecule has 5 aromatic carbocycles. The van der Waals surface area contributed by atoms with E-state index in [1.807, 2.05) is 0 Å². The van der Waals surface area contributed by atoms with E-state index in [-0.39, 0.29) is 0 Å². The number of rotatable bonds is 2. The Morgan fingerprint density at radius 3 is 2.08 bits per heavy atom. The number of fused-ring (bicyclic) bond motifs is 2. The molecule has 0 aliphatic heterocycles. The lowest BCUT2D eigenvalue weighted by atomic mass is 9.89. The molecule has 0 saturated heterocycles. The summed E-state index contributed by atoms with van der Waals surface area (Å²) in [6, 6.07) is 40.1. The third kappa shape index (κ3) is 2.48. The molecule has 0 fully saturated rings. The van der Waals surface area contributed by atoms with Crippen LogP contribution in [0.4, 0.5) is 0 Å². The highest BCUT2D eigenvalue weighted by Crippen LogP contribution is 2.38. The van der Waals surface area contributed by atoms with Crippen molar-refractivity contribution in [3.05, 3.63) is 109 Å². The molecule has 0 atom stereocenters.